The molecule has 3 aromatic rings. The van der Waals surface area contributed by atoms with Gasteiger partial charge in [-0.15, -0.1) is 0 Å². The van der Waals surface area contributed by atoms with Gasteiger partial charge in [-0.3, -0.25) is 0 Å². The number of aromatic nitrogens is 3. The van der Waals surface area contributed by atoms with Gasteiger partial charge < -0.3 is 9.84 Å². The summed E-state index contributed by atoms with van der Waals surface area (Å²) in [6, 6.07) is 14.4. The Bertz CT molecular complexity index is 843. The van der Waals surface area contributed by atoms with Gasteiger partial charge in [0.05, 0.1) is 6.54 Å². The van der Waals surface area contributed by atoms with Gasteiger partial charge in [-0.2, -0.15) is 5.10 Å². The number of benzene rings is 2. The van der Waals surface area contributed by atoms with Crippen LogP contribution >= 0.6 is 23.2 Å². The molecule has 136 valence electrons. The molecule has 0 saturated heterocycles. The molecule has 1 aromatic heterocycles. The summed E-state index contributed by atoms with van der Waals surface area (Å²) in [5.41, 5.74) is -0.901. The predicted molar refractivity (Wildman–Crippen MR) is 102 cm³/mol. The molecule has 0 radical (unpaired) electrons. The largest absolute Gasteiger partial charge is 0.487 e. The Hall–Kier alpha value is -2.08. The second-order valence-electron chi connectivity index (χ2n) is 5.97. The third kappa shape index (κ3) is 4.01. The molecule has 0 saturated carbocycles. The topological polar surface area (TPSA) is 60.2 Å². The molecule has 2 atom stereocenters. The van der Waals surface area contributed by atoms with Gasteiger partial charge in [0.2, 0.25) is 0 Å². The van der Waals surface area contributed by atoms with Gasteiger partial charge in [-0.1, -0.05) is 54.4 Å². The van der Waals surface area contributed by atoms with E-state index in [1.54, 1.807) is 29.2 Å². The molecule has 26 heavy (non-hydrogen) atoms. The predicted octanol–water partition coefficient (Wildman–Crippen LogP) is 4.33. The quantitative estimate of drug-likeness (QED) is 0.650. The highest BCUT2D eigenvalue weighted by Crippen LogP contribution is 2.37. The fraction of sp³-hybridized carbons (Fsp3) is 0.263. The lowest BCUT2D eigenvalue weighted by molar-refractivity contribution is -0.0828. The van der Waals surface area contributed by atoms with Crippen molar-refractivity contribution in [1.29, 1.82) is 0 Å². The number of nitrogens with zero attached hydrogens (tertiary/aromatic N) is 3. The van der Waals surface area contributed by atoms with Crippen molar-refractivity contribution in [1.82, 2.24) is 14.8 Å². The lowest BCUT2D eigenvalue weighted by Crippen LogP contribution is -2.46. The molecule has 0 bridgehead atoms. The Morgan fingerprint density at radius 1 is 1.19 bits per heavy atom. The lowest BCUT2D eigenvalue weighted by Gasteiger charge is -2.36. The summed E-state index contributed by atoms with van der Waals surface area (Å²) in [6.45, 7) is 2.09. The summed E-state index contributed by atoms with van der Waals surface area (Å²) >= 11 is 12.4. The molecule has 0 aliphatic carbocycles. The average Bonchev–Trinajstić information content (AvgIpc) is 3.13. The Balaban J connectivity index is 2.03. The van der Waals surface area contributed by atoms with Gasteiger partial charge in [0.1, 0.15) is 30.1 Å². The first kappa shape index (κ1) is 18.7. The van der Waals surface area contributed by atoms with E-state index in [9.17, 15) is 5.11 Å². The Morgan fingerprint density at radius 2 is 1.96 bits per heavy atom. The molecule has 1 N–H and O–H groups in total. The lowest BCUT2D eigenvalue weighted by atomic mass is 9.86. The molecule has 3 rings (SSSR count). The van der Waals surface area contributed by atoms with Crippen molar-refractivity contribution in [2.75, 3.05) is 0 Å². The van der Waals surface area contributed by atoms with Crippen LogP contribution in [-0.4, -0.2) is 26.0 Å². The number of rotatable bonds is 7. The molecule has 0 fully saturated rings. The first-order chi connectivity index (χ1) is 12.5. The van der Waals surface area contributed by atoms with Crippen molar-refractivity contribution >= 4 is 23.2 Å². The summed E-state index contributed by atoms with van der Waals surface area (Å²) in [7, 11) is 0. The van der Waals surface area contributed by atoms with Crippen molar-refractivity contribution in [3.05, 3.63) is 76.8 Å². The minimum Gasteiger partial charge on any atom is -0.487 e. The summed E-state index contributed by atoms with van der Waals surface area (Å²) in [5.74, 6) is 0.668. The van der Waals surface area contributed by atoms with E-state index < -0.39 is 11.7 Å². The minimum absolute atomic E-state index is 0.139. The maximum Gasteiger partial charge on any atom is 0.147 e. The van der Waals surface area contributed by atoms with Crippen molar-refractivity contribution in [2.24, 2.45) is 0 Å². The zero-order chi connectivity index (χ0) is 18.6. The first-order valence-corrected chi connectivity index (χ1v) is 9.00. The molecule has 7 heteroatoms. The minimum atomic E-state index is -1.43. The van der Waals surface area contributed by atoms with E-state index in [2.05, 4.69) is 10.1 Å². The van der Waals surface area contributed by atoms with Crippen LogP contribution in [-0.2, 0) is 12.1 Å². The van der Waals surface area contributed by atoms with E-state index in [0.717, 1.165) is 0 Å². The smallest absolute Gasteiger partial charge is 0.147 e. The highest BCUT2D eigenvalue weighted by atomic mass is 35.5. The second-order valence-corrected chi connectivity index (χ2v) is 6.81. The number of aliphatic hydroxyl groups is 1. The monoisotopic (exact) mass is 391 g/mol. The van der Waals surface area contributed by atoms with Crippen LogP contribution in [0.5, 0.6) is 5.75 Å². The molecule has 0 amide bonds. The number of halogens is 2. The zero-order valence-electron chi connectivity index (χ0n) is 14.2. The van der Waals surface area contributed by atoms with Gasteiger partial charge in [0, 0.05) is 15.6 Å². The third-order valence-corrected chi connectivity index (χ3v) is 4.74. The van der Waals surface area contributed by atoms with Crippen LogP contribution in [0.3, 0.4) is 0 Å². The zero-order valence-corrected chi connectivity index (χ0v) is 15.7. The maximum atomic E-state index is 11.7. The molecular formula is C19H19Cl2N3O2. The van der Waals surface area contributed by atoms with Crippen LogP contribution in [0.25, 0.3) is 0 Å². The van der Waals surface area contributed by atoms with Crippen LogP contribution in [0, 0.1) is 0 Å². The molecule has 0 aliphatic heterocycles. The van der Waals surface area contributed by atoms with Gasteiger partial charge in [0.25, 0.3) is 0 Å². The van der Waals surface area contributed by atoms with Crippen molar-refractivity contribution in [3.63, 3.8) is 0 Å². The average molecular weight is 392 g/mol. The van der Waals surface area contributed by atoms with Crippen molar-refractivity contribution in [3.8, 4) is 5.75 Å². The molecule has 2 unspecified atom stereocenters. The van der Waals surface area contributed by atoms with Crippen LogP contribution in [0.4, 0.5) is 0 Å². The Morgan fingerprint density at radius 3 is 2.58 bits per heavy atom. The SMILES string of the molecule is CCC(Oc1ccccc1)C(O)(Cn1cncn1)c1ccc(Cl)cc1Cl. The summed E-state index contributed by atoms with van der Waals surface area (Å²) < 4.78 is 7.67. The van der Waals surface area contributed by atoms with E-state index in [-0.39, 0.29) is 6.54 Å². The Labute approximate surface area is 162 Å². The van der Waals surface area contributed by atoms with Crippen LogP contribution in [0.1, 0.15) is 18.9 Å². The van der Waals surface area contributed by atoms with Gasteiger partial charge in [-0.25, -0.2) is 9.67 Å². The second kappa shape index (κ2) is 8.08. The molecule has 5 nitrogen and oxygen atoms in total. The van der Waals surface area contributed by atoms with Crippen LogP contribution in [0.15, 0.2) is 61.2 Å². The van der Waals surface area contributed by atoms with Crippen molar-refractivity contribution in [2.45, 2.75) is 31.6 Å². The normalized spacial score (nSPS) is 14.6. The molecular weight excluding hydrogens is 373 g/mol. The number of ether oxygens (including phenoxy) is 1. The van der Waals surface area contributed by atoms with E-state index in [4.69, 9.17) is 27.9 Å². The standard InChI is InChI=1S/C19H19Cl2N3O2/c1-2-18(26-15-6-4-3-5-7-15)19(25,11-24-13-22-12-23-24)16-9-8-14(20)10-17(16)21/h3-10,12-13,18,25H,2,11H2,1H3. The number of hydrogen-bond donors (Lipinski definition) is 1. The number of hydrogen-bond acceptors (Lipinski definition) is 4. The fourth-order valence-electron chi connectivity index (χ4n) is 2.94. The molecule has 0 spiro atoms. The van der Waals surface area contributed by atoms with Gasteiger partial charge in [0.15, 0.2) is 0 Å². The van der Waals surface area contributed by atoms with Gasteiger partial charge in [-0.05, 0) is 30.7 Å². The van der Waals surface area contributed by atoms with E-state index in [0.29, 0.717) is 27.8 Å². The Kier molecular flexibility index (Phi) is 5.81. The molecule has 2 aromatic carbocycles. The first-order valence-electron chi connectivity index (χ1n) is 8.25. The highest BCUT2D eigenvalue weighted by Gasteiger charge is 2.42. The highest BCUT2D eigenvalue weighted by molar-refractivity contribution is 6.35. The van der Waals surface area contributed by atoms with Crippen LogP contribution in [0.2, 0.25) is 10.0 Å². The van der Waals surface area contributed by atoms with E-state index in [1.807, 2.05) is 37.3 Å². The van der Waals surface area contributed by atoms with Gasteiger partial charge >= 0.3 is 0 Å². The maximum absolute atomic E-state index is 11.7. The summed E-state index contributed by atoms with van der Waals surface area (Å²) in [5, 5.41) is 16.7. The number of para-hydroxylation sites is 1. The fourth-order valence-corrected chi connectivity index (χ4v) is 3.52. The molecule has 0 aliphatic rings. The van der Waals surface area contributed by atoms with E-state index >= 15 is 0 Å². The summed E-state index contributed by atoms with van der Waals surface area (Å²) in [6.07, 6.45) is 2.96. The summed E-state index contributed by atoms with van der Waals surface area (Å²) in [4.78, 5) is 3.95. The van der Waals surface area contributed by atoms with Crippen molar-refractivity contribution < 1.29 is 9.84 Å². The van der Waals surface area contributed by atoms with Crippen LogP contribution < -0.4 is 4.74 Å². The molecule has 1 heterocycles. The third-order valence-electron chi connectivity index (χ3n) is 4.19. The van der Waals surface area contributed by atoms with E-state index in [1.165, 1.54) is 6.33 Å².